The van der Waals surface area contributed by atoms with Gasteiger partial charge >= 0.3 is 0 Å². The van der Waals surface area contributed by atoms with E-state index in [2.05, 4.69) is 17.1 Å². The van der Waals surface area contributed by atoms with Crippen LogP contribution >= 0.6 is 0 Å². The van der Waals surface area contributed by atoms with Crippen LogP contribution in [-0.2, 0) is 4.74 Å². The van der Waals surface area contributed by atoms with Crippen LogP contribution in [0.4, 0.5) is 0 Å². The second kappa shape index (κ2) is 6.58. The molecule has 0 radical (unpaired) electrons. The van der Waals surface area contributed by atoms with Gasteiger partial charge in [-0.15, -0.1) is 0 Å². The monoisotopic (exact) mass is 226 g/mol. The summed E-state index contributed by atoms with van der Waals surface area (Å²) in [5.74, 6) is 0.652. The fraction of sp³-hybridized carbons (Fsp3) is 1.00. The molecule has 0 aromatic rings. The standard InChI is InChI=1S/C13H26N2O/c1-12(10-14-13-4-5-13)11-16-9-8-15-6-2-3-7-15/h12-14H,2-11H2,1H3. The lowest BCUT2D eigenvalue weighted by molar-refractivity contribution is 0.0867. The zero-order valence-electron chi connectivity index (χ0n) is 10.6. The molecule has 0 amide bonds. The lowest BCUT2D eigenvalue weighted by Gasteiger charge is -2.16. The fourth-order valence-electron chi connectivity index (χ4n) is 2.20. The van der Waals surface area contributed by atoms with Crippen molar-refractivity contribution >= 4 is 0 Å². The van der Waals surface area contributed by atoms with E-state index in [0.717, 1.165) is 32.3 Å². The first-order chi connectivity index (χ1) is 7.84. The molecule has 0 aromatic heterocycles. The van der Waals surface area contributed by atoms with Gasteiger partial charge in [0, 0.05) is 19.1 Å². The molecule has 3 heteroatoms. The van der Waals surface area contributed by atoms with Crippen LogP contribution < -0.4 is 5.32 Å². The summed E-state index contributed by atoms with van der Waals surface area (Å²) < 4.78 is 5.73. The van der Waals surface area contributed by atoms with Gasteiger partial charge in [0.05, 0.1) is 13.2 Å². The van der Waals surface area contributed by atoms with Crippen molar-refractivity contribution in [3.8, 4) is 0 Å². The van der Waals surface area contributed by atoms with Crippen molar-refractivity contribution in [2.75, 3.05) is 39.4 Å². The van der Waals surface area contributed by atoms with Crippen LogP contribution in [0.1, 0.15) is 32.6 Å². The third-order valence-electron chi connectivity index (χ3n) is 3.49. The topological polar surface area (TPSA) is 24.5 Å². The van der Waals surface area contributed by atoms with Crippen LogP contribution in [0.25, 0.3) is 0 Å². The van der Waals surface area contributed by atoms with Crippen LogP contribution in [0.15, 0.2) is 0 Å². The highest BCUT2D eigenvalue weighted by Gasteiger charge is 2.20. The van der Waals surface area contributed by atoms with E-state index in [4.69, 9.17) is 4.74 Å². The number of nitrogens with zero attached hydrogens (tertiary/aromatic N) is 1. The molecule has 94 valence electrons. The van der Waals surface area contributed by atoms with Gasteiger partial charge in [0.25, 0.3) is 0 Å². The molecule has 2 rings (SSSR count). The molecule has 16 heavy (non-hydrogen) atoms. The van der Waals surface area contributed by atoms with Crippen LogP contribution in [0.2, 0.25) is 0 Å². The van der Waals surface area contributed by atoms with Crippen molar-refractivity contribution in [3.63, 3.8) is 0 Å². The first-order valence-corrected chi connectivity index (χ1v) is 6.88. The molecule has 1 unspecified atom stereocenters. The minimum Gasteiger partial charge on any atom is -0.380 e. The van der Waals surface area contributed by atoms with Crippen molar-refractivity contribution in [1.82, 2.24) is 10.2 Å². The van der Waals surface area contributed by atoms with Crippen molar-refractivity contribution in [1.29, 1.82) is 0 Å². The maximum atomic E-state index is 5.73. The van der Waals surface area contributed by atoms with Gasteiger partial charge in [-0.05, 0) is 44.7 Å². The molecule has 1 atom stereocenters. The Morgan fingerprint density at radius 3 is 2.75 bits per heavy atom. The number of likely N-dealkylation sites (tertiary alicyclic amines) is 1. The zero-order chi connectivity index (χ0) is 11.2. The van der Waals surface area contributed by atoms with Crippen LogP contribution in [0, 0.1) is 5.92 Å². The summed E-state index contributed by atoms with van der Waals surface area (Å²) in [4.78, 5) is 2.51. The lowest BCUT2D eigenvalue weighted by Crippen LogP contribution is -2.28. The van der Waals surface area contributed by atoms with Crippen LogP contribution in [0.5, 0.6) is 0 Å². The predicted molar refractivity (Wildman–Crippen MR) is 66.7 cm³/mol. The summed E-state index contributed by atoms with van der Waals surface area (Å²) in [7, 11) is 0. The fourth-order valence-corrected chi connectivity index (χ4v) is 2.20. The number of ether oxygens (including phenoxy) is 1. The van der Waals surface area contributed by atoms with E-state index in [-0.39, 0.29) is 0 Å². The molecule has 1 aliphatic carbocycles. The maximum absolute atomic E-state index is 5.73. The summed E-state index contributed by atoms with van der Waals surface area (Å²) in [5.41, 5.74) is 0. The van der Waals surface area contributed by atoms with E-state index in [9.17, 15) is 0 Å². The number of hydrogen-bond acceptors (Lipinski definition) is 3. The summed E-state index contributed by atoms with van der Waals surface area (Å²) in [6.45, 7) is 8.90. The number of nitrogens with one attached hydrogen (secondary N) is 1. The highest BCUT2D eigenvalue weighted by Crippen LogP contribution is 2.18. The highest BCUT2D eigenvalue weighted by atomic mass is 16.5. The third kappa shape index (κ3) is 4.81. The summed E-state index contributed by atoms with van der Waals surface area (Å²) in [5, 5.41) is 3.55. The smallest absolute Gasteiger partial charge is 0.0593 e. The van der Waals surface area contributed by atoms with Gasteiger partial charge in [0.15, 0.2) is 0 Å². The Kier molecular flexibility index (Phi) is 5.07. The van der Waals surface area contributed by atoms with Crippen molar-refractivity contribution in [3.05, 3.63) is 0 Å². The molecule has 1 aliphatic heterocycles. The quantitative estimate of drug-likeness (QED) is 0.635. The summed E-state index contributed by atoms with van der Waals surface area (Å²) >= 11 is 0. The van der Waals surface area contributed by atoms with Crippen LogP contribution in [-0.4, -0.2) is 50.3 Å². The molecule has 1 N–H and O–H groups in total. The van der Waals surface area contributed by atoms with Gasteiger partial charge in [-0.1, -0.05) is 6.92 Å². The summed E-state index contributed by atoms with van der Waals surface area (Å²) in [6.07, 6.45) is 5.51. The van der Waals surface area contributed by atoms with E-state index in [0.29, 0.717) is 5.92 Å². The largest absolute Gasteiger partial charge is 0.380 e. The van der Waals surface area contributed by atoms with Gasteiger partial charge in [-0.25, -0.2) is 0 Å². The van der Waals surface area contributed by atoms with Gasteiger partial charge in [0.1, 0.15) is 0 Å². The normalized spacial score (nSPS) is 23.8. The Labute approximate surface area is 99.5 Å². The Morgan fingerprint density at radius 2 is 2.06 bits per heavy atom. The predicted octanol–water partition coefficient (Wildman–Crippen LogP) is 1.49. The molecule has 1 saturated heterocycles. The van der Waals surface area contributed by atoms with E-state index in [1.54, 1.807) is 0 Å². The Bertz CT molecular complexity index is 188. The maximum Gasteiger partial charge on any atom is 0.0593 e. The molecule has 2 fully saturated rings. The lowest BCUT2D eigenvalue weighted by atomic mass is 10.2. The Hall–Kier alpha value is -0.120. The molecular formula is C13H26N2O. The van der Waals surface area contributed by atoms with Gasteiger partial charge in [-0.3, -0.25) is 0 Å². The average molecular weight is 226 g/mol. The van der Waals surface area contributed by atoms with Gasteiger partial charge in [-0.2, -0.15) is 0 Å². The Balaban J connectivity index is 1.40. The highest BCUT2D eigenvalue weighted by molar-refractivity contribution is 4.81. The van der Waals surface area contributed by atoms with Crippen molar-refractivity contribution < 1.29 is 4.74 Å². The molecule has 1 saturated carbocycles. The first-order valence-electron chi connectivity index (χ1n) is 6.88. The zero-order valence-corrected chi connectivity index (χ0v) is 10.6. The van der Waals surface area contributed by atoms with Crippen molar-refractivity contribution in [2.45, 2.75) is 38.6 Å². The number of hydrogen-bond donors (Lipinski definition) is 1. The second-order valence-electron chi connectivity index (χ2n) is 5.41. The van der Waals surface area contributed by atoms with Crippen LogP contribution in [0.3, 0.4) is 0 Å². The minimum absolute atomic E-state index is 0.652. The first kappa shape index (κ1) is 12.3. The SMILES string of the molecule is CC(CNC1CC1)COCCN1CCCC1. The summed E-state index contributed by atoms with van der Waals surface area (Å²) in [6, 6.07) is 0.826. The van der Waals surface area contributed by atoms with E-state index < -0.39 is 0 Å². The average Bonchev–Trinajstić information content (AvgIpc) is 2.97. The van der Waals surface area contributed by atoms with Gasteiger partial charge in [0.2, 0.25) is 0 Å². The van der Waals surface area contributed by atoms with Crippen molar-refractivity contribution in [2.24, 2.45) is 5.92 Å². The number of rotatable bonds is 8. The Morgan fingerprint density at radius 1 is 1.31 bits per heavy atom. The molecule has 2 aliphatic rings. The molecule has 1 heterocycles. The van der Waals surface area contributed by atoms with E-state index in [1.165, 1.54) is 38.8 Å². The van der Waals surface area contributed by atoms with E-state index in [1.807, 2.05) is 0 Å². The molecule has 3 nitrogen and oxygen atoms in total. The molecule has 0 aromatic carbocycles. The van der Waals surface area contributed by atoms with E-state index >= 15 is 0 Å². The molecular weight excluding hydrogens is 200 g/mol. The second-order valence-corrected chi connectivity index (χ2v) is 5.41. The minimum atomic E-state index is 0.652. The molecule has 0 bridgehead atoms. The van der Waals surface area contributed by atoms with Gasteiger partial charge < -0.3 is 15.0 Å². The third-order valence-corrected chi connectivity index (χ3v) is 3.49. The molecule has 0 spiro atoms.